The van der Waals surface area contributed by atoms with Crippen LogP contribution in [0.5, 0.6) is 0 Å². The maximum Gasteiger partial charge on any atom is 0.373 e. The Kier molecular flexibility index (Phi) is 5.99. The van der Waals surface area contributed by atoms with Crippen molar-refractivity contribution in [3.05, 3.63) is 94.0 Å². The molecule has 0 aliphatic heterocycles. The van der Waals surface area contributed by atoms with Gasteiger partial charge in [0.15, 0.2) is 0 Å². The van der Waals surface area contributed by atoms with Gasteiger partial charge in [0.1, 0.15) is 5.76 Å². The summed E-state index contributed by atoms with van der Waals surface area (Å²) in [5.74, 6) is -0.0385. The van der Waals surface area contributed by atoms with Crippen molar-refractivity contribution in [1.82, 2.24) is 9.99 Å². The van der Waals surface area contributed by atoms with Crippen LogP contribution in [0.2, 0.25) is 0 Å². The first-order valence-electron chi connectivity index (χ1n) is 9.39. The number of esters is 1. The largest absolute Gasteiger partial charge is 0.463 e. The van der Waals surface area contributed by atoms with Crippen molar-refractivity contribution < 1.29 is 18.7 Å². The molecular weight excluding hydrogens is 462 g/mol. The van der Waals surface area contributed by atoms with Gasteiger partial charge in [-0.15, -0.1) is 0 Å². The fourth-order valence-electron chi connectivity index (χ4n) is 3.20. The maximum absolute atomic E-state index is 12.3. The van der Waals surface area contributed by atoms with Crippen LogP contribution >= 0.6 is 15.9 Å². The first kappa shape index (κ1) is 20.6. The molecule has 0 fully saturated rings. The van der Waals surface area contributed by atoms with E-state index in [4.69, 9.17) is 4.42 Å². The van der Waals surface area contributed by atoms with Gasteiger partial charge in [0.05, 0.1) is 19.9 Å². The molecule has 4 rings (SSSR count). The van der Waals surface area contributed by atoms with E-state index in [9.17, 15) is 9.59 Å². The molecule has 0 radical (unpaired) electrons. The van der Waals surface area contributed by atoms with Crippen molar-refractivity contribution in [3.8, 4) is 0 Å². The molecule has 31 heavy (non-hydrogen) atoms. The molecule has 4 aromatic rings. The van der Waals surface area contributed by atoms with E-state index in [0.29, 0.717) is 17.9 Å². The Hall–Kier alpha value is -3.65. The third-order valence-electron chi connectivity index (χ3n) is 4.65. The van der Waals surface area contributed by atoms with Gasteiger partial charge in [-0.3, -0.25) is 4.79 Å². The fourth-order valence-corrected chi connectivity index (χ4v) is 3.60. The van der Waals surface area contributed by atoms with Gasteiger partial charge in [0.25, 0.3) is 5.91 Å². The summed E-state index contributed by atoms with van der Waals surface area (Å²) in [6, 6.07) is 18.2. The average molecular weight is 480 g/mol. The second-order valence-corrected chi connectivity index (χ2v) is 7.61. The molecule has 0 unspecified atom stereocenters. The summed E-state index contributed by atoms with van der Waals surface area (Å²) in [6.07, 6.45) is 3.52. The van der Waals surface area contributed by atoms with Crippen LogP contribution in [0.15, 0.2) is 80.9 Å². The number of aromatic nitrogens is 1. The van der Waals surface area contributed by atoms with Gasteiger partial charge in [-0.25, -0.2) is 10.2 Å². The lowest BCUT2D eigenvalue weighted by atomic mass is 10.2. The molecule has 0 aliphatic rings. The number of hydrazone groups is 1. The zero-order chi connectivity index (χ0) is 21.8. The number of nitrogens with one attached hydrogen (secondary N) is 1. The summed E-state index contributed by atoms with van der Waals surface area (Å²) >= 11 is 3.35. The van der Waals surface area contributed by atoms with E-state index in [0.717, 1.165) is 20.9 Å². The number of nitrogens with zero attached hydrogens (tertiary/aromatic N) is 2. The van der Waals surface area contributed by atoms with Crippen LogP contribution in [0.3, 0.4) is 0 Å². The van der Waals surface area contributed by atoms with Crippen LogP contribution in [0.25, 0.3) is 10.9 Å². The van der Waals surface area contributed by atoms with Crippen LogP contribution in [0.1, 0.15) is 32.2 Å². The number of fused-ring (bicyclic) bond motifs is 1. The van der Waals surface area contributed by atoms with Gasteiger partial charge < -0.3 is 13.7 Å². The van der Waals surface area contributed by atoms with Crippen molar-refractivity contribution in [1.29, 1.82) is 0 Å². The number of carbonyl (C=O) groups excluding carboxylic acids is 2. The smallest absolute Gasteiger partial charge is 0.373 e. The van der Waals surface area contributed by atoms with Crippen molar-refractivity contribution in [2.75, 3.05) is 7.11 Å². The summed E-state index contributed by atoms with van der Waals surface area (Å²) in [6.45, 7) is 0.426. The molecule has 2 heterocycles. The number of furan rings is 1. The molecule has 2 aromatic heterocycles. The minimum atomic E-state index is -0.516. The average Bonchev–Trinajstić information content (AvgIpc) is 3.39. The maximum atomic E-state index is 12.3. The number of para-hydroxylation sites is 1. The molecule has 0 aliphatic carbocycles. The highest BCUT2D eigenvalue weighted by Crippen LogP contribution is 2.22. The Morgan fingerprint density at radius 1 is 1.16 bits per heavy atom. The van der Waals surface area contributed by atoms with Gasteiger partial charge in [-0.05, 0) is 36.4 Å². The molecule has 1 amide bonds. The van der Waals surface area contributed by atoms with Gasteiger partial charge in [0, 0.05) is 32.7 Å². The summed E-state index contributed by atoms with van der Waals surface area (Å²) in [5.41, 5.74) is 4.87. The molecular formula is C23H18BrN3O4. The minimum absolute atomic E-state index is 0.158. The number of halogens is 1. The van der Waals surface area contributed by atoms with Crippen LogP contribution in [0, 0.1) is 0 Å². The fraction of sp³-hybridized carbons (Fsp3) is 0.0870. The molecule has 8 heteroatoms. The van der Waals surface area contributed by atoms with Crippen LogP contribution in [-0.2, 0) is 11.3 Å². The summed E-state index contributed by atoms with van der Waals surface area (Å²) in [5, 5.41) is 5.09. The lowest BCUT2D eigenvalue weighted by molar-refractivity contribution is 0.0562. The molecule has 0 spiro atoms. The number of methoxy groups -OCH3 is 1. The predicted octanol–water partition coefficient (Wildman–Crippen LogP) is 4.60. The number of hydrogen-bond acceptors (Lipinski definition) is 5. The standard InChI is InChI=1S/C23H18BrN3O4/c1-30-23(29)21-10-9-18(31-21)14-27-13-16(19-7-2-3-8-20(19)27)12-25-26-22(28)15-5-4-6-17(24)11-15/h2-13H,14H2,1H3,(H,26,28)/b25-12-. The van der Waals surface area contributed by atoms with E-state index < -0.39 is 5.97 Å². The lowest BCUT2D eigenvalue weighted by Crippen LogP contribution is -2.17. The van der Waals surface area contributed by atoms with Crippen LogP contribution in [0.4, 0.5) is 0 Å². The highest BCUT2D eigenvalue weighted by atomic mass is 79.9. The highest BCUT2D eigenvalue weighted by Gasteiger charge is 2.13. The Balaban J connectivity index is 1.55. The molecule has 0 saturated heterocycles. The zero-order valence-corrected chi connectivity index (χ0v) is 18.1. The van der Waals surface area contributed by atoms with Gasteiger partial charge >= 0.3 is 5.97 Å². The van der Waals surface area contributed by atoms with E-state index in [1.807, 2.05) is 41.1 Å². The van der Waals surface area contributed by atoms with Gasteiger partial charge in [0.2, 0.25) is 5.76 Å². The van der Waals surface area contributed by atoms with E-state index in [2.05, 4.69) is 31.2 Å². The number of hydrogen-bond donors (Lipinski definition) is 1. The quantitative estimate of drug-likeness (QED) is 0.249. The molecule has 1 N–H and O–H groups in total. The Labute approximate surface area is 186 Å². The number of benzene rings is 2. The molecule has 2 aromatic carbocycles. The van der Waals surface area contributed by atoms with E-state index in [-0.39, 0.29) is 11.7 Å². The lowest BCUT2D eigenvalue weighted by Gasteiger charge is -2.02. The normalized spacial score (nSPS) is 11.2. The highest BCUT2D eigenvalue weighted by molar-refractivity contribution is 9.10. The summed E-state index contributed by atoms with van der Waals surface area (Å²) < 4.78 is 13.1. The summed E-state index contributed by atoms with van der Waals surface area (Å²) in [4.78, 5) is 23.9. The van der Waals surface area contributed by atoms with Crippen molar-refractivity contribution >= 4 is 44.9 Å². The van der Waals surface area contributed by atoms with Crippen molar-refractivity contribution in [3.63, 3.8) is 0 Å². The van der Waals surface area contributed by atoms with Gasteiger partial charge in [-0.1, -0.05) is 40.2 Å². The number of ether oxygens (including phenoxy) is 1. The third-order valence-corrected chi connectivity index (χ3v) is 5.14. The number of carbonyl (C=O) groups is 2. The first-order valence-corrected chi connectivity index (χ1v) is 10.2. The Bertz CT molecular complexity index is 1290. The SMILES string of the molecule is COC(=O)c1ccc(Cn2cc(/C=N\NC(=O)c3cccc(Br)c3)c3ccccc32)o1. The van der Waals surface area contributed by atoms with Crippen LogP contribution < -0.4 is 5.43 Å². The Morgan fingerprint density at radius 3 is 2.81 bits per heavy atom. The van der Waals surface area contributed by atoms with Crippen molar-refractivity contribution in [2.45, 2.75) is 6.54 Å². The summed E-state index contributed by atoms with van der Waals surface area (Å²) in [7, 11) is 1.31. The van der Waals surface area contributed by atoms with E-state index in [1.54, 1.807) is 36.5 Å². The third kappa shape index (κ3) is 4.59. The molecule has 7 nitrogen and oxygen atoms in total. The molecule has 0 atom stereocenters. The first-order chi connectivity index (χ1) is 15.0. The second kappa shape index (κ2) is 9.01. The van der Waals surface area contributed by atoms with Crippen LogP contribution in [-0.4, -0.2) is 29.8 Å². The number of rotatable bonds is 6. The van der Waals surface area contributed by atoms with E-state index in [1.165, 1.54) is 7.11 Å². The second-order valence-electron chi connectivity index (χ2n) is 6.70. The van der Waals surface area contributed by atoms with E-state index >= 15 is 0 Å². The predicted molar refractivity (Wildman–Crippen MR) is 120 cm³/mol. The topological polar surface area (TPSA) is 85.8 Å². The zero-order valence-electron chi connectivity index (χ0n) is 16.5. The van der Waals surface area contributed by atoms with Gasteiger partial charge in [-0.2, -0.15) is 5.10 Å². The Morgan fingerprint density at radius 2 is 2.00 bits per heavy atom. The molecule has 0 saturated carbocycles. The number of amides is 1. The molecule has 156 valence electrons. The molecule has 0 bridgehead atoms. The minimum Gasteiger partial charge on any atom is -0.463 e. The monoisotopic (exact) mass is 479 g/mol. The van der Waals surface area contributed by atoms with Crippen molar-refractivity contribution in [2.24, 2.45) is 5.10 Å².